The maximum Gasteiger partial charge on any atom is 0.339 e. The van der Waals surface area contributed by atoms with Crippen LogP contribution in [0, 0.1) is 0 Å². The van der Waals surface area contributed by atoms with E-state index in [1.165, 1.54) is 7.11 Å². The molecular formula is C16H16N2O4. The summed E-state index contributed by atoms with van der Waals surface area (Å²) in [6, 6.07) is 10.1. The molecule has 2 aromatic rings. The van der Waals surface area contributed by atoms with Crippen LogP contribution in [0.15, 0.2) is 42.6 Å². The molecule has 114 valence electrons. The van der Waals surface area contributed by atoms with Crippen molar-refractivity contribution in [3.8, 4) is 0 Å². The second kappa shape index (κ2) is 7.21. The van der Waals surface area contributed by atoms with Gasteiger partial charge in [-0.15, -0.1) is 0 Å². The van der Waals surface area contributed by atoms with Gasteiger partial charge in [-0.1, -0.05) is 12.1 Å². The number of hydrogen-bond acceptors (Lipinski definition) is 4. The zero-order valence-corrected chi connectivity index (χ0v) is 12.1. The van der Waals surface area contributed by atoms with Gasteiger partial charge in [0.15, 0.2) is 6.29 Å². The van der Waals surface area contributed by atoms with Gasteiger partial charge in [0.25, 0.3) is 0 Å². The van der Waals surface area contributed by atoms with E-state index >= 15 is 0 Å². The highest BCUT2D eigenvalue weighted by Gasteiger charge is 2.13. The lowest BCUT2D eigenvalue weighted by Gasteiger charge is -2.10. The average molecular weight is 300 g/mol. The van der Waals surface area contributed by atoms with Gasteiger partial charge in [-0.05, 0) is 24.3 Å². The number of nitrogens with one attached hydrogen (secondary N) is 1. The minimum Gasteiger partial charge on any atom is -0.465 e. The Hall–Kier alpha value is -2.89. The normalized spacial score (nSPS) is 10.0. The van der Waals surface area contributed by atoms with Crippen molar-refractivity contribution in [3.63, 3.8) is 0 Å². The van der Waals surface area contributed by atoms with Crippen LogP contribution in [0.4, 0.5) is 5.69 Å². The quantitative estimate of drug-likeness (QED) is 0.655. The van der Waals surface area contributed by atoms with E-state index in [1.807, 2.05) is 0 Å². The average Bonchev–Trinajstić information content (AvgIpc) is 3.00. The summed E-state index contributed by atoms with van der Waals surface area (Å²) in [7, 11) is 1.29. The van der Waals surface area contributed by atoms with Crippen molar-refractivity contribution in [2.24, 2.45) is 0 Å². The van der Waals surface area contributed by atoms with Crippen LogP contribution in [0.5, 0.6) is 0 Å². The summed E-state index contributed by atoms with van der Waals surface area (Å²) < 4.78 is 6.37. The molecule has 1 aromatic carbocycles. The van der Waals surface area contributed by atoms with Crippen LogP contribution in [0.1, 0.15) is 27.3 Å². The summed E-state index contributed by atoms with van der Waals surface area (Å²) in [5, 5.41) is 2.68. The van der Waals surface area contributed by atoms with Gasteiger partial charge < -0.3 is 14.6 Å². The van der Waals surface area contributed by atoms with Crippen LogP contribution >= 0.6 is 0 Å². The van der Waals surface area contributed by atoms with Crippen molar-refractivity contribution in [2.75, 3.05) is 12.4 Å². The monoisotopic (exact) mass is 300 g/mol. The van der Waals surface area contributed by atoms with E-state index in [2.05, 4.69) is 10.1 Å². The molecule has 6 heteroatoms. The van der Waals surface area contributed by atoms with E-state index in [9.17, 15) is 14.4 Å². The number of anilines is 1. The molecule has 1 heterocycles. The number of aryl methyl sites for hydroxylation is 1. The number of aldehydes is 1. The Balaban J connectivity index is 2.01. The number of aromatic nitrogens is 1. The number of methoxy groups -OCH3 is 1. The molecule has 22 heavy (non-hydrogen) atoms. The Bertz CT molecular complexity index is 691. The first-order valence-corrected chi connectivity index (χ1v) is 6.73. The van der Waals surface area contributed by atoms with Crippen molar-refractivity contribution < 1.29 is 19.1 Å². The van der Waals surface area contributed by atoms with Crippen LogP contribution in [-0.2, 0) is 16.1 Å². The van der Waals surface area contributed by atoms with Gasteiger partial charge in [0, 0.05) is 19.2 Å². The molecule has 0 bridgehead atoms. The number of amides is 1. The second-order valence-electron chi connectivity index (χ2n) is 4.58. The molecule has 0 spiro atoms. The zero-order valence-electron chi connectivity index (χ0n) is 12.1. The van der Waals surface area contributed by atoms with Gasteiger partial charge in [0.05, 0.1) is 24.1 Å². The van der Waals surface area contributed by atoms with Gasteiger partial charge in [0.1, 0.15) is 0 Å². The number of carbonyl (C=O) groups excluding carboxylic acids is 3. The smallest absolute Gasteiger partial charge is 0.339 e. The van der Waals surface area contributed by atoms with E-state index < -0.39 is 5.97 Å². The number of hydrogen-bond donors (Lipinski definition) is 1. The molecule has 0 radical (unpaired) electrons. The fraction of sp³-hybridized carbons (Fsp3) is 0.188. The van der Waals surface area contributed by atoms with Crippen LogP contribution < -0.4 is 5.32 Å². The molecule has 0 atom stereocenters. The summed E-state index contributed by atoms with van der Waals surface area (Å²) in [4.78, 5) is 34.4. The number of esters is 1. The molecular weight excluding hydrogens is 284 g/mol. The van der Waals surface area contributed by atoms with E-state index in [0.717, 1.165) is 6.29 Å². The third kappa shape index (κ3) is 3.60. The number of nitrogens with zero attached hydrogens (tertiary/aromatic N) is 1. The maximum absolute atomic E-state index is 12.0. The van der Waals surface area contributed by atoms with Gasteiger partial charge in [0.2, 0.25) is 5.91 Å². The standard InChI is InChI=1S/C16H16N2O4/c1-22-16(21)13-6-2-3-7-14(13)17-15(20)8-10-18-9-4-5-12(18)11-19/h2-7,9,11H,8,10H2,1H3,(H,17,20). The molecule has 0 saturated carbocycles. The van der Waals surface area contributed by atoms with Crippen molar-refractivity contribution in [1.29, 1.82) is 0 Å². The maximum atomic E-state index is 12.0. The predicted molar refractivity (Wildman–Crippen MR) is 80.8 cm³/mol. The Morgan fingerprint density at radius 1 is 1.23 bits per heavy atom. The lowest BCUT2D eigenvalue weighted by atomic mass is 10.1. The summed E-state index contributed by atoms with van der Waals surface area (Å²) in [5.74, 6) is -0.758. The Morgan fingerprint density at radius 2 is 2.00 bits per heavy atom. The minimum absolute atomic E-state index is 0.186. The summed E-state index contributed by atoms with van der Waals surface area (Å²) in [6.07, 6.45) is 2.66. The zero-order chi connectivity index (χ0) is 15.9. The molecule has 0 saturated heterocycles. The molecule has 0 aliphatic rings. The highest BCUT2D eigenvalue weighted by molar-refractivity contribution is 6.01. The molecule has 1 amide bonds. The highest BCUT2D eigenvalue weighted by atomic mass is 16.5. The van der Waals surface area contributed by atoms with Gasteiger partial charge in [-0.2, -0.15) is 0 Å². The predicted octanol–water partition coefficient (Wildman–Crippen LogP) is 2.12. The molecule has 1 aromatic heterocycles. The fourth-order valence-electron chi connectivity index (χ4n) is 2.05. The first-order chi connectivity index (χ1) is 10.7. The molecule has 0 unspecified atom stereocenters. The number of para-hydroxylation sites is 1. The van der Waals surface area contributed by atoms with E-state index in [-0.39, 0.29) is 12.3 Å². The van der Waals surface area contributed by atoms with Crippen molar-refractivity contribution in [3.05, 3.63) is 53.9 Å². The van der Waals surface area contributed by atoms with E-state index in [1.54, 1.807) is 47.2 Å². The van der Waals surface area contributed by atoms with Gasteiger partial charge in [-0.3, -0.25) is 9.59 Å². The lowest BCUT2D eigenvalue weighted by Crippen LogP contribution is -2.17. The molecule has 0 aliphatic carbocycles. The van der Waals surface area contributed by atoms with Crippen LogP contribution in [0.25, 0.3) is 0 Å². The largest absolute Gasteiger partial charge is 0.465 e. The lowest BCUT2D eigenvalue weighted by molar-refractivity contribution is -0.116. The van der Waals surface area contributed by atoms with Gasteiger partial charge >= 0.3 is 5.97 Å². The summed E-state index contributed by atoms with van der Waals surface area (Å²) in [5.41, 5.74) is 1.22. The third-order valence-electron chi connectivity index (χ3n) is 3.17. The number of rotatable bonds is 6. The van der Waals surface area contributed by atoms with E-state index in [4.69, 9.17) is 0 Å². The first-order valence-electron chi connectivity index (χ1n) is 6.73. The van der Waals surface area contributed by atoms with Crippen LogP contribution in [0.2, 0.25) is 0 Å². The molecule has 1 N–H and O–H groups in total. The molecule has 0 aliphatic heterocycles. The summed E-state index contributed by atoms with van der Waals surface area (Å²) >= 11 is 0. The third-order valence-corrected chi connectivity index (χ3v) is 3.17. The Kier molecular flexibility index (Phi) is 5.08. The van der Waals surface area contributed by atoms with Crippen LogP contribution in [-0.4, -0.2) is 29.8 Å². The second-order valence-corrected chi connectivity index (χ2v) is 4.58. The van der Waals surface area contributed by atoms with E-state index in [0.29, 0.717) is 23.5 Å². The summed E-state index contributed by atoms with van der Waals surface area (Å²) in [6.45, 7) is 0.382. The Morgan fingerprint density at radius 3 is 2.73 bits per heavy atom. The number of carbonyl (C=O) groups is 3. The topological polar surface area (TPSA) is 77.4 Å². The van der Waals surface area contributed by atoms with Gasteiger partial charge in [-0.25, -0.2) is 4.79 Å². The first kappa shape index (κ1) is 15.5. The Labute approximate surface area is 127 Å². The SMILES string of the molecule is COC(=O)c1ccccc1NC(=O)CCn1cccc1C=O. The fourth-order valence-corrected chi connectivity index (χ4v) is 2.05. The van der Waals surface area contributed by atoms with Crippen molar-refractivity contribution in [2.45, 2.75) is 13.0 Å². The highest BCUT2D eigenvalue weighted by Crippen LogP contribution is 2.16. The number of benzene rings is 1. The van der Waals surface area contributed by atoms with Crippen molar-refractivity contribution in [1.82, 2.24) is 4.57 Å². The molecule has 2 rings (SSSR count). The van der Waals surface area contributed by atoms with Crippen LogP contribution in [0.3, 0.4) is 0 Å². The van der Waals surface area contributed by atoms with Crippen molar-refractivity contribution >= 4 is 23.9 Å². The molecule has 6 nitrogen and oxygen atoms in total. The molecule has 0 fully saturated rings. The number of ether oxygens (including phenoxy) is 1. The minimum atomic E-state index is -0.510.